The third-order valence-electron chi connectivity index (χ3n) is 3.22. The molecule has 7 nitrogen and oxygen atoms in total. The van der Waals surface area contributed by atoms with Crippen LogP contribution in [0.15, 0.2) is 48.8 Å². The molecular formula is C16H14N4O3. The van der Waals surface area contributed by atoms with Crippen molar-refractivity contribution in [3.8, 4) is 22.7 Å². The highest BCUT2D eigenvalue weighted by atomic mass is 16.5. The van der Waals surface area contributed by atoms with Crippen molar-refractivity contribution in [2.24, 2.45) is 0 Å². The summed E-state index contributed by atoms with van der Waals surface area (Å²) in [5.74, 6) is -0.538. The maximum Gasteiger partial charge on any atom is 0.358 e. The number of benzene rings is 1. The van der Waals surface area contributed by atoms with Crippen molar-refractivity contribution < 1.29 is 14.6 Å². The van der Waals surface area contributed by atoms with E-state index in [9.17, 15) is 9.90 Å². The third kappa shape index (κ3) is 2.76. The predicted molar refractivity (Wildman–Crippen MR) is 82.7 cm³/mol. The van der Waals surface area contributed by atoms with Gasteiger partial charge in [-0.3, -0.25) is 4.98 Å². The van der Waals surface area contributed by atoms with Crippen molar-refractivity contribution in [2.45, 2.75) is 6.92 Å². The summed E-state index contributed by atoms with van der Waals surface area (Å²) in [5, 5.41) is 17.2. The molecule has 0 bridgehead atoms. The van der Waals surface area contributed by atoms with E-state index in [4.69, 9.17) is 4.74 Å². The van der Waals surface area contributed by atoms with Crippen molar-refractivity contribution in [2.75, 3.05) is 6.61 Å². The fourth-order valence-corrected chi connectivity index (χ4v) is 2.27. The molecule has 0 aliphatic carbocycles. The Labute approximate surface area is 132 Å². The number of aromatic carboxylic acids is 1. The lowest BCUT2D eigenvalue weighted by Gasteiger charge is -2.12. The topological polar surface area (TPSA) is 90.1 Å². The first kappa shape index (κ1) is 14.7. The van der Waals surface area contributed by atoms with Gasteiger partial charge in [0.05, 0.1) is 6.61 Å². The van der Waals surface area contributed by atoms with Crippen LogP contribution in [0.3, 0.4) is 0 Å². The van der Waals surface area contributed by atoms with Gasteiger partial charge in [-0.15, -0.1) is 5.10 Å². The van der Waals surface area contributed by atoms with Gasteiger partial charge in [-0.1, -0.05) is 17.3 Å². The Hall–Kier alpha value is -3.22. The van der Waals surface area contributed by atoms with Gasteiger partial charge in [-0.05, 0) is 31.2 Å². The van der Waals surface area contributed by atoms with E-state index in [1.165, 1.54) is 4.68 Å². The van der Waals surface area contributed by atoms with Crippen LogP contribution in [-0.4, -0.2) is 37.7 Å². The maximum absolute atomic E-state index is 11.5. The summed E-state index contributed by atoms with van der Waals surface area (Å²) in [5.41, 5.74) is 1.55. The number of rotatable bonds is 5. The molecule has 3 aromatic rings. The van der Waals surface area contributed by atoms with Crippen LogP contribution in [0.1, 0.15) is 17.4 Å². The van der Waals surface area contributed by atoms with Crippen LogP contribution in [-0.2, 0) is 0 Å². The van der Waals surface area contributed by atoms with E-state index in [1.807, 2.05) is 19.1 Å². The fourth-order valence-electron chi connectivity index (χ4n) is 2.27. The quantitative estimate of drug-likeness (QED) is 0.778. The lowest BCUT2D eigenvalue weighted by Crippen LogP contribution is -2.05. The van der Waals surface area contributed by atoms with Gasteiger partial charge in [-0.2, -0.15) is 0 Å². The number of carboxylic acid groups (broad SMARTS) is 1. The highest BCUT2D eigenvalue weighted by Crippen LogP contribution is 2.29. The number of carboxylic acids is 1. The Morgan fingerprint density at radius 1 is 1.22 bits per heavy atom. The Bertz CT molecular complexity index is 830. The first-order valence-corrected chi connectivity index (χ1v) is 7.04. The van der Waals surface area contributed by atoms with Crippen molar-refractivity contribution in [3.05, 3.63) is 54.5 Å². The zero-order valence-electron chi connectivity index (χ0n) is 12.4. The van der Waals surface area contributed by atoms with Crippen molar-refractivity contribution in [3.63, 3.8) is 0 Å². The second-order valence-corrected chi connectivity index (χ2v) is 4.64. The summed E-state index contributed by atoms with van der Waals surface area (Å²) in [4.78, 5) is 15.4. The first-order valence-electron chi connectivity index (χ1n) is 7.04. The number of hydrogen-bond donors (Lipinski definition) is 1. The largest absolute Gasteiger partial charge is 0.492 e. The predicted octanol–water partition coefficient (Wildman–Crippen LogP) is 2.43. The normalized spacial score (nSPS) is 10.5. The number of pyridine rings is 1. The zero-order chi connectivity index (χ0) is 16.2. The van der Waals surface area contributed by atoms with Gasteiger partial charge in [0.25, 0.3) is 0 Å². The molecule has 1 aromatic carbocycles. The smallest absolute Gasteiger partial charge is 0.358 e. The molecule has 116 valence electrons. The molecule has 2 heterocycles. The molecule has 0 aliphatic heterocycles. The lowest BCUT2D eigenvalue weighted by molar-refractivity contribution is 0.0691. The van der Waals surface area contributed by atoms with Crippen LogP contribution in [0.2, 0.25) is 0 Å². The van der Waals surface area contributed by atoms with Crippen molar-refractivity contribution in [1.82, 2.24) is 20.0 Å². The molecule has 2 aromatic heterocycles. The van der Waals surface area contributed by atoms with Crippen LogP contribution in [0.5, 0.6) is 5.75 Å². The van der Waals surface area contributed by atoms with Gasteiger partial charge in [-0.25, -0.2) is 9.48 Å². The summed E-state index contributed by atoms with van der Waals surface area (Å²) in [7, 11) is 0. The number of nitrogens with zero attached hydrogens (tertiary/aromatic N) is 4. The van der Waals surface area contributed by atoms with Crippen LogP contribution in [0, 0.1) is 0 Å². The summed E-state index contributed by atoms with van der Waals surface area (Å²) < 4.78 is 7.08. The van der Waals surface area contributed by atoms with Crippen LogP contribution < -0.4 is 4.74 Å². The Balaban J connectivity index is 2.24. The van der Waals surface area contributed by atoms with E-state index >= 15 is 0 Å². The summed E-state index contributed by atoms with van der Waals surface area (Å²) >= 11 is 0. The Kier molecular flexibility index (Phi) is 4.01. The third-order valence-corrected chi connectivity index (χ3v) is 3.22. The number of ether oxygens (including phenoxy) is 1. The number of carbonyl (C=O) groups is 1. The molecule has 0 saturated carbocycles. The van der Waals surface area contributed by atoms with Gasteiger partial charge >= 0.3 is 5.97 Å². The fraction of sp³-hybridized carbons (Fsp3) is 0.125. The molecule has 3 rings (SSSR count). The molecule has 0 spiro atoms. The summed E-state index contributed by atoms with van der Waals surface area (Å²) in [6, 6.07) is 10.7. The van der Waals surface area contributed by atoms with E-state index in [0.717, 1.165) is 0 Å². The average Bonchev–Trinajstić information content (AvgIpc) is 3.01. The molecule has 23 heavy (non-hydrogen) atoms. The van der Waals surface area contributed by atoms with E-state index in [0.29, 0.717) is 29.3 Å². The van der Waals surface area contributed by atoms with Gasteiger partial charge in [0.1, 0.15) is 17.1 Å². The van der Waals surface area contributed by atoms with E-state index in [-0.39, 0.29) is 5.69 Å². The van der Waals surface area contributed by atoms with E-state index < -0.39 is 5.97 Å². The molecule has 0 amide bonds. The van der Waals surface area contributed by atoms with Crippen LogP contribution in [0.4, 0.5) is 0 Å². The van der Waals surface area contributed by atoms with Gasteiger partial charge in [0, 0.05) is 18.0 Å². The zero-order valence-corrected chi connectivity index (χ0v) is 12.4. The second kappa shape index (κ2) is 6.27. The maximum atomic E-state index is 11.5. The molecule has 0 fully saturated rings. The monoisotopic (exact) mass is 310 g/mol. The SMILES string of the molecule is CCOc1ccccc1-n1nnc(C(=O)O)c1-c1ccncc1. The molecule has 0 unspecified atom stereocenters. The van der Waals surface area contributed by atoms with Crippen molar-refractivity contribution >= 4 is 5.97 Å². The minimum Gasteiger partial charge on any atom is -0.492 e. The van der Waals surface area contributed by atoms with Gasteiger partial charge in [0.2, 0.25) is 0 Å². The average molecular weight is 310 g/mol. The minimum absolute atomic E-state index is 0.123. The number of para-hydroxylation sites is 2. The van der Waals surface area contributed by atoms with E-state index in [2.05, 4.69) is 15.3 Å². The molecule has 0 atom stereocenters. The molecular weight excluding hydrogens is 296 g/mol. The van der Waals surface area contributed by atoms with Crippen LogP contribution >= 0.6 is 0 Å². The second-order valence-electron chi connectivity index (χ2n) is 4.64. The van der Waals surface area contributed by atoms with Crippen molar-refractivity contribution in [1.29, 1.82) is 0 Å². The molecule has 0 radical (unpaired) electrons. The van der Waals surface area contributed by atoms with E-state index in [1.54, 1.807) is 36.7 Å². The highest BCUT2D eigenvalue weighted by molar-refractivity contribution is 5.93. The molecule has 0 saturated heterocycles. The Morgan fingerprint density at radius 3 is 2.65 bits per heavy atom. The minimum atomic E-state index is -1.14. The lowest BCUT2D eigenvalue weighted by atomic mass is 10.1. The van der Waals surface area contributed by atoms with Gasteiger partial charge in [0.15, 0.2) is 5.69 Å². The van der Waals surface area contributed by atoms with Crippen LogP contribution in [0.25, 0.3) is 16.9 Å². The number of aromatic nitrogens is 4. The van der Waals surface area contributed by atoms with Gasteiger partial charge < -0.3 is 9.84 Å². The first-order chi connectivity index (χ1) is 11.2. The molecule has 0 aliphatic rings. The summed E-state index contributed by atoms with van der Waals surface area (Å²) in [6.45, 7) is 2.37. The molecule has 7 heteroatoms. The number of hydrogen-bond acceptors (Lipinski definition) is 5. The molecule has 1 N–H and O–H groups in total. The Morgan fingerprint density at radius 2 is 1.96 bits per heavy atom. The summed E-state index contributed by atoms with van der Waals surface area (Å²) in [6.07, 6.45) is 3.18. The standard InChI is InChI=1S/C16H14N4O3/c1-2-23-13-6-4-3-5-12(13)20-15(11-7-9-17-10-8-11)14(16(21)22)18-19-20/h3-10H,2H2,1H3,(H,21,22). The highest BCUT2D eigenvalue weighted by Gasteiger charge is 2.22.